The van der Waals surface area contributed by atoms with Crippen LogP contribution in [0, 0.1) is 0 Å². The zero-order valence-electron chi connectivity index (χ0n) is 15.0. The molecule has 0 aromatic carbocycles. The summed E-state index contributed by atoms with van der Waals surface area (Å²) in [7, 11) is 1.82. The molecule has 24 heavy (non-hydrogen) atoms. The molecule has 138 valence electrons. The third-order valence-corrected chi connectivity index (χ3v) is 6.14. The van der Waals surface area contributed by atoms with Crippen LogP contribution in [-0.2, 0) is 9.47 Å². The van der Waals surface area contributed by atoms with Crippen LogP contribution in [0.2, 0.25) is 0 Å². The van der Waals surface area contributed by atoms with Gasteiger partial charge in [-0.15, -0.1) is 0 Å². The predicted octanol–water partition coefficient (Wildman–Crippen LogP) is 1.25. The SMILES string of the molecule is CCOC(=O)N1CCN(C(=NC)NCC2(SC)CCOCC2)CC1. The molecule has 0 spiro atoms. The lowest BCUT2D eigenvalue weighted by molar-refractivity contribution is 0.0777. The van der Waals surface area contributed by atoms with E-state index in [4.69, 9.17) is 9.47 Å². The van der Waals surface area contributed by atoms with Crippen molar-refractivity contribution in [1.82, 2.24) is 15.1 Å². The van der Waals surface area contributed by atoms with Crippen molar-refractivity contribution in [2.45, 2.75) is 24.5 Å². The molecule has 0 unspecified atom stereocenters. The normalized spacial score (nSPS) is 21.5. The largest absolute Gasteiger partial charge is 0.450 e. The van der Waals surface area contributed by atoms with Crippen LogP contribution in [0.5, 0.6) is 0 Å². The number of hydrogen-bond donors (Lipinski definition) is 1. The van der Waals surface area contributed by atoms with Gasteiger partial charge in [0.1, 0.15) is 0 Å². The molecule has 2 heterocycles. The van der Waals surface area contributed by atoms with Crippen molar-refractivity contribution in [2.75, 3.05) is 65.8 Å². The summed E-state index contributed by atoms with van der Waals surface area (Å²) in [5.41, 5.74) is 0. The molecule has 0 bridgehead atoms. The van der Waals surface area contributed by atoms with Crippen molar-refractivity contribution in [3.63, 3.8) is 0 Å². The van der Waals surface area contributed by atoms with Crippen LogP contribution >= 0.6 is 11.8 Å². The molecule has 2 fully saturated rings. The van der Waals surface area contributed by atoms with Crippen molar-refractivity contribution in [3.05, 3.63) is 0 Å². The van der Waals surface area contributed by atoms with Crippen molar-refractivity contribution in [3.8, 4) is 0 Å². The average molecular weight is 359 g/mol. The third-order valence-electron chi connectivity index (χ3n) is 4.72. The summed E-state index contributed by atoms with van der Waals surface area (Å²) in [5.74, 6) is 0.915. The second-order valence-electron chi connectivity index (χ2n) is 6.07. The smallest absolute Gasteiger partial charge is 0.409 e. The minimum Gasteiger partial charge on any atom is -0.450 e. The zero-order valence-corrected chi connectivity index (χ0v) is 15.9. The molecule has 0 radical (unpaired) electrons. The summed E-state index contributed by atoms with van der Waals surface area (Å²) in [6, 6.07) is 0. The quantitative estimate of drug-likeness (QED) is 0.603. The Kier molecular flexibility index (Phi) is 7.48. The van der Waals surface area contributed by atoms with E-state index in [1.165, 1.54) is 0 Å². The third kappa shape index (κ3) is 4.92. The van der Waals surface area contributed by atoms with E-state index in [1.807, 2.05) is 25.7 Å². The monoisotopic (exact) mass is 358 g/mol. The molecule has 8 heteroatoms. The van der Waals surface area contributed by atoms with Crippen LogP contribution in [0.4, 0.5) is 4.79 Å². The van der Waals surface area contributed by atoms with E-state index in [0.717, 1.165) is 51.6 Å². The van der Waals surface area contributed by atoms with Crippen molar-refractivity contribution in [1.29, 1.82) is 0 Å². The molecular formula is C16H30N4O3S. The first kappa shape index (κ1) is 19.2. The first-order chi connectivity index (χ1) is 11.6. The van der Waals surface area contributed by atoms with E-state index in [0.29, 0.717) is 19.7 Å². The standard InChI is InChI=1S/C16H30N4O3S/c1-4-23-15(21)20-9-7-19(8-10-20)14(17-2)18-13-16(24-3)5-11-22-12-6-16/h4-13H2,1-3H3,(H,17,18). The first-order valence-electron chi connectivity index (χ1n) is 8.64. The van der Waals surface area contributed by atoms with Gasteiger partial charge in [0, 0.05) is 57.7 Å². The molecule has 1 N–H and O–H groups in total. The molecule has 2 aliphatic heterocycles. The van der Waals surface area contributed by atoms with E-state index >= 15 is 0 Å². The number of ether oxygens (including phenoxy) is 2. The lowest BCUT2D eigenvalue weighted by Crippen LogP contribution is -2.55. The fourth-order valence-corrected chi connectivity index (χ4v) is 3.88. The van der Waals surface area contributed by atoms with E-state index in [1.54, 1.807) is 4.90 Å². The maximum Gasteiger partial charge on any atom is 0.409 e. The number of guanidine groups is 1. The summed E-state index contributed by atoms with van der Waals surface area (Å²) >= 11 is 1.92. The topological polar surface area (TPSA) is 66.4 Å². The van der Waals surface area contributed by atoms with Gasteiger partial charge in [0.15, 0.2) is 5.96 Å². The van der Waals surface area contributed by atoms with Crippen molar-refractivity contribution in [2.24, 2.45) is 4.99 Å². The van der Waals surface area contributed by atoms with Crippen molar-refractivity contribution >= 4 is 23.8 Å². The summed E-state index contributed by atoms with van der Waals surface area (Å²) in [6.45, 7) is 7.69. The molecule has 2 aliphatic rings. The summed E-state index contributed by atoms with van der Waals surface area (Å²) < 4.78 is 10.8. The fraction of sp³-hybridized carbons (Fsp3) is 0.875. The van der Waals surface area contributed by atoms with E-state index < -0.39 is 0 Å². The molecule has 7 nitrogen and oxygen atoms in total. The van der Waals surface area contributed by atoms with Gasteiger partial charge in [-0.1, -0.05) is 0 Å². The lowest BCUT2D eigenvalue weighted by Gasteiger charge is -2.39. The molecule has 2 saturated heterocycles. The van der Waals surface area contributed by atoms with Crippen LogP contribution in [0.1, 0.15) is 19.8 Å². The number of thioether (sulfide) groups is 1. The molecule has 0 saturated carbocycles. The summed E-state index contributed by atoms with van der Waals surface area (Å²) in [4.78, 5) is 20.2. The van der Waals surface area contributed by atoms with Gasteiger partial charge in [0.05, 0.1) is 6.61 Å². The number of amides is 1. The van der Waals surface area contributed by atoms with Gasteiger partial charge in [-0.3, -0.25) is 4.99 Å². The van der Waals surface area contributed by atoms with Gasteiger partial charge in [0.2, 0.25) is 0 Å². The highest BCUT2D eigenvalue weighted by atomic mass is 32.2. The molecule has 0 aromatic heterocycles. The first-order valence-corrected chi connectivity index (χ1v) is 9.87. The van der Waals surface area contributed by atoms with Crippen LogP contribution in [0.15, 0.2) is 4.99 Å². The van der Waals surface area contributed by atoms with Crippen LogP contribution in [0.3, 0.4) is 0 Å². The predicted molar refractivity (Wildman–Crippen MR) is 97.8 cm³/mol. The number of rotatable bonds is 4. The van der Waals surface area contributed by atoms with Crippen molar-refractivity contribution < 1.29 is 14.3 Å². The van der Waals surface area contributed by atoms with Crippen LogP contribution in [-0.4, -0.2) is 92.4 Å². The van der Waals surface area contributed by atoms with Gasteiger partial charge >= 0.3 is 6.09 Å². The maximum absolute atomic E-state index is 11.8. The number of piperazine rings is 1. The fourth-order valence-electron chi connectivity index (χ4n) is 3.08. The highest BCUT2D eigenvalue weighted by molar-refractivity contribution is 8.00. The van der Waals surface area contributed by atoms with Crippen LogP contribution < -0.4 is 5.32 Å². The molecule has 0 aromatic rings. The Morgan fingerprint density at radius 2 is 1.88 bits per heavy atom. The number of nitrogens with one attached hydrogen (secondary N) is 1. The second-order valence-corrected chi connectivity index (χ2v) is 7.35. The molecule has 0 atom stereocenters. The number of aliphatic imine (C=N–C) groups is 1. The highest BCUT2D eigenvalue weighted by Gasteiger charge is 2.32. The Hall–Kier alpha value is -1.15. The minimum absolute atomic E-state index is 0.219. The van der Waals surface area contributed by atoms with Gasteiger partial charge in [-0.2, -0.15) is 11.8 Å². The van der Waals surface area contributed by atoms with Gasteiger partial charge in [0.25, 0.3) is 0 Å². The Morgan fingerprint density at radius 1 is 1.25 bits per heavy atom. The molecule has 2 rings (SSSR count). The van der Waals surface area contributed by atoms with E-state index in [9.17, 15) is 4.79 Å². The van der Waals surface area contributed by atoms with Gasteiger partial charge in [-0.05, 0) is 26.0 Å². The zero-order chi connectivity index (χ0) is 17.4. The molecule has 1 amide bonds. The molecular weight excluding hydrogens is 328 g/mol. The van der Waals surface area contributed by atoms with E-state index in [-0.39, 0.29) is 10.8 Å². The second kappa shape index (κ2) is 9.36. The number of nitrogens with zero attached hydrogens (tertiary/aromatic N) is 3. The average Bonchev–Trinajstić information content (AvgIpc) is 2.63. The molecule has 0 aliphatic carbocycles. The van der Waals surface area contributed by atoms with Gasteiger partial charge in [-0.25, -0.2) is 4.79 Å². The Labute approximate surface area is 149 Å². The Morgan fingerprint density at radius 3 is 2.42 bits per heavy atom. The number of carbonyl (C=O) groups is 1. The van der Waals surface area contributed by atoms with Crippen LogP contribution in [0.25, 0.3) is 0 Å². The van der Waals surface area contributed by atoms with E-state index in [2.05, 4.69) is 21.5 Å². The Balaban J connectivity index is 1.83. The maximum atomic E-state index is 11.8. The summed E-state index contributed by atoms with van der Waals surface area (Å²) in [5, 5.41) is 3.53. The summed E-state index contributed by atoms with van der Waals surface area (Å²) in [6.07, 6.45) is 4.08. The number of carbonyl (C=O) groups excluding carboxylic acids is 1. The Bertz CT molecular complexity index is 433. The lowest BCUT2D eigenvalue weighted by atomic mass is 9.99. The highest BCUT2D eigenvalue weighted by Crippen LogP contribution is 2.33. The van der Waals surface area contributed by atoms with Gasteiger partial charge < -0.3 is 24.6 Å². The number of hydrogen-bond acceptors (Lipinski definition) is 5. The minimum atomic E-state index is -0.219.